The molecule has 0 saturated heterocycles. The van der Waals surface area contributed by atoms with Crippen molar-refractivity contribution in [3.8, 4) is 0 Å². The Morgan fingerprint density at radius 3 is 2.33 bits per heavy atom. The second kappa shape index (κ2) is 2.92. The number of hydrogen-bond acceptors (Lipinski definition) is 1. The zero-order valence-corrected chi connectivity index (χ0v) is 8.63. The zero-order valence-electron chi connectivity index (χ0n) is 8.63. The molecule has 2 heteroatoms. The molecule has 68 valence electrons. The van der Waals surface area contributed by atoms with Crippen molar-refractivity contribution in [1.82, 2.24) is 9.78 Å². The molecule has 1 rings (SSSR count). The topological polar surface area (TPSA) is 17.8 Å². The van der Waals surface area contributed by atoms with Crippen molar-refractivity contribution < 1.29 is 0 Å². The highest BCUT2D eigenvalue weighted by Gasteiger charge is 2.23. The van der Waals surface area contributed by atoms with Crippen molar-refractivity contribution in [2.24, 2.45) is 12.5 Å². The van der Waals surface area contributed by atoms with Gasteiger partial charge in [-0.15, -0.1) is 0 Å². The Bertz CT molecular complexity index is 255. The molecule has 0 aliphatic rings. The summed E-state index contributed by atoms with van der Waals surface area (Å²) < 4.78 is 1.86. The molecule has 0 aliphatic heterocycles. The molecule has 1 aromatic rings. The zero-order chi connectivity index (χ0) is 9.35. The van der Waals surface area contributed by atoms with Crippen molar-refractivity contribution in [3.63, 3.8) is 0 Å². The summed E-state index contributed by atoms with van der Waals surface area (Å²) in [5.41, 5.74) is 1.49. The average Bonchev–Trinajstić information content (AvgIpc) is 2.32. The normalized spacial score (nSPS) is 14.8. The molecule has 0 saturated carbocycles. The molecule has 0 fully saturated rings. The monoisotopic (exact) mass is 166 g/mol. The summed E-state index contributed by atoms with van der Waals surface area (Å²) in [5, 5.41) is 4.39. The highest BCUT2D eigenvalue weighted by atomic mass is 15.2. The van der Waals surface area contributed by atoms with E-state index in [2.05, 4.69) is 38.9 Å². The third kappa shape index (κ3) is 1.87. The van der Waals surface area contributed by atoms with Gasteiger partial charge in [-0.05, 0) is 11.5 Å². The molecular formula is C10H18N2. The molecule has 1 aromatic heterocycles. The summed E-state index contributed by atoms with van der Waals surface area (Å²) in [5.74, 6) is 0.513. The Kier molecular flexibility index (Phi) is 2.27. The van der Waals surface area contributed by atoms with Crippen LogP contribution >= 0.6 is 0 Å². The van der Waals surface area contributed by atoms with Gasteiger partial charge in [-0.25, -0.2) is 0 Å². The lowest BCUT2D eigenvalue weighted by Crippen LogP contribution is -2.15. The summed E-state index contributed by atoms with van der Waals surface area (Å²) in [6.45, 7) is 8.95. The summed E-state index contributed by atoms with van der Waals surface area (Å²) in [6, 6.07) is 2.09. The van der Waals surface area contributed by atoms with Gasteiger partial charge in [-0.1, -0.05) is 27.7 Å². The molecule has 0 aliphatic carbocycles. The number of aryl methyl sites for hydroxylation is 1. The minimum Gasteiger partial charge on any atom is -0.276 e. The Balaban J connectivity index is 2.85. The molecule has 12 heavy (non-hydrogen) atoms. The van der Waals surface area contributed by atoms with E-state index in [-0.39, 0.29) is 0 Å². The van der Waals surface area contributed by atoms with Crippen molar-refractivity contribution >= 4 is 0 Å². The predicted molar refractivity (Wildman–Crippen MR) is 51.1 cm³/mol. The van der Waals surface area contributed by atoms with E-state index in [9.17, 15) is 0 Å². The third-order valence-electron chi connectivity index (χ3n) is 2.48. The fourth-order valence-electron chi connectivity index (χ4n) is 1.11. The van der Waals surface area contributed by atoms with Gasteiger partial charge >= 0.3 is 0 Å². The van der Waals surface area contributed by atoms with Crippen LogP contribution < -0.4 is 0 Å². The van der Waals surface area contributed by atoms with Crippen LogP contribution in [0, 0.1) is 5.41 Å². The molecule has 1 atom stereocenters. The maximum Gasteiger partial charge on any atom is 0.0657 e. The van der Waals surface area contributed by atoms with E-state index in [1.54, 1.807) is 0 Å². The Labute approximate surface area is 74.6 Å². The van der Waals surface area contributed by atoms with Crippen LogP contribution in [-0.4, -0.2) is 9.78 Å². The molecule has 2 nitrogen and oxygen atoms in total. The van der Waals surface area contributed by atoms with E-state index in [0.29, 0.717) is 11.3 Å². The van der Waals surface area contributed by atoms with E-state index in [0.717, 1.165) is 0 Å². The van der Waals surface area contributed by atoms with E-state index >= 15 is 0 Å². The fraction of sp³-hybridized carbons (Fsp3) is 0.700. The fourth-order valence-corrected chi connectivity index (χ4v) is 1.11. The molecule has 0 unspecified atom stereocenters. The van der Waals surface area contributed by atoms with Crippen LogP contribution in [0.3, 0.4) is 0 Å². The average molecular weight is 166 g/mol. The van der Waals surface area contributed by atoms with E-state index in [1.807, 2.05) is 17.9 Å². The highest BCUT2D eigenvalue weighted by Crippen LogP contribution is 2.32. The van der Waals surface area contributed by atoms with Gasteiger partial charge in [0.25, 0.3) is 0 Å². The lowest BCUT2D eigenvalue weighted by Gasteiger charge is -2.25. The predicted octanol–water partition coefficient (Wildman–Crippen LogP) is 2.57. The first-order valence-corrected chi connectivity index (χ1v) is 4.41. The first kappa shape index (κ1) is 9.30. The van der Waals surface area contributed by atoms with Gasteiger partial charge in [0.1, 0.15) is 0 Å². The summed E-state index contributed by atoms with van der Waals surface area (Å²) in [7, 11) is 1.96. The number of hydrogen-bond donors (Lipinski definition) is 0. The van der Waals surface area contributed by atoms with E-state index < -0.39 is 0 Å². The van der Waals surface area contributed by atoms with Gasteiger partial charge in [0.2, 0.25) is 0 Å². The standard InChI is InChI=1S/C10H18N2/c1-8(10(2,3)4)9-6-7-12(5)11-9/h6-8H,1-5H3/t8-/m0/s1. The second-order valence-electron chi connectivity index (χ2n) is 4.50. The minimum atomic E-state index is 0.300. The van der Waals surface area contributed by atoms with Crippen LogP contribution in [-0.2, 0) is 7.05 Å². The van der Waals surface area contributed by atoms with Gasteiger partial charge in [0, 0.05) is 19.2 Å². The Morgan fingerprint density at radius 1 is 1.42 bits per heavy atom. The van der Waals surface area contributed by atoms with Crippen molar-refractivity contribution in [1.29, 1.82) is 0 Å². The third-order valence-corrected chi connectivity index (χ3v) is 2.48. The van der Waals surface area contributed by atoms with Crippen LogP contribution in [0.5, 0.6) is 0 Å². The van der Waals surface area contributed by atoms with Crippen molar-refractivity contribution in [2.75, 3.05) is 0 Å². The Hall–Kier alpha value is -0.790. The second-order valence-corrected chi connectivity index (χ2v) is 4.50. The van der Waals surface area contributed by atoms with Crippen LogP contribution in [0.15, 0.2) is 12.3 Å². The van der Waals surface area contributed by atoms with Crippen LogP contribution in [0.2, 0.25) is 0 Å². The first-order chi connectivity index (χ1) is 5.41. The molecule has 0 radical (unpaired) electrons. The largest absolute Gasteiger partial charge is 0.276 e. The molecule has 0 spiro atoms. The number of nitrogens with zero attached hydrogens (tertiary/aromatic N) is 2. The molecule has 0 N–H and O–H groups in total. The van der Waals surface area contributed by atoms with Gasteiger partial charge in [0.15, 0.2) is 0 Å². The first-order valence-electron chi connectivity index (χ1n) is 4.41. The van der Waals surface area contributed by atoms with Crippen LogP contribution in [0.25, 0.3) is 0 Å². The Morgan fingerprint density at radius 2 is 2.00 bits per heavy atom. The van der Waals surface area contributed by atoms with Gasteiger partial charge in [0.05, 0.1) is 5.69 Å². The maximum atomic E-state index is 4.39. The van der Waals surface area contributed by atoms with Crippen molar-refractivity contribution in [2.45, 2.75) is 33.6 Å². The minimum absolute atomic E-state index is 0.300. The summed E-state index contributed by atoms with van der Waals surface area (Å²) in [6.07, 6.45) is 2.00. The quantitative estimate of drug-likeness (QED) is 0.627. The molecule has 0 amide bonds. The highest BCUT2D eigenvalue weighted by molar-refractivity contribution is 5.08. The van der Waals surface area contributed by atoms with Gasteiger partial charge < -0.3 is 0 Å². The maximum absolute atomic E-state index is 4.39. The van der Waals surface area contributed by atoms with Crippen LogP contribution in [0.1, 0.15) is 39.3 Å². The lowest BCUT2D eigenvalue weighted by atomic mass is 9.80. The van der Waals surface area contributed by atoms with E-state index in [1.165, 1.54) is 5.69 Å². The van der Waals surface area contributed by atoms with Gasteiger partial charge in [-0.2, -0.15) is 5.10 Å². The smallest absolute Gasteiger partial charge is 0.0657 e. The molecular weight excluding hydrogens is 148 g/mol. The van der Waals surface area contributed by atoms with Crippen LogP contribution in [0.4, 0.5) is 0 Å². The SMILES string of the molecule is C[C@@H](c1ccn(C)n1)C(C)(C)C. The van der Waals surface area contributed by atoms with E-state index in [4.69, 9.17) is 0 Å². The molecule has 1 heterocycles. The summed E-state index contributed by atoms with van der Waals surface area (Å²) >= 11 is 0. The lowest BCUT2D eigenvalue weighted by molar-refractivity contribution is 0.332. The number of aromatic nitrogens is 2. The molecule has 0 bridgehead atoms. The van der Waals surface area contributed by atoms with Gasteiger partial charge in [-0.3, -0.25) is 4.68 Å². The summed E-state index contributed by atoms with van der Waals surface area (Å²) in [4.78, 5) is 0. The van der Waals surface area contributed by atoms with Crippen molar-refractivity contribution in [3.05, 3.63) is 18.0 Å². The number of rotatable bonds is 1. The molecule has 0 aromatic carbocycles.